The summed E-state index contributed by atoms with van der Waals surface area (Å²) >= 11 is 6.31. The van der Waals surface area contributed by atoms with Crippen molar-refractivity contribution in [2.75, 3.05) is 23.7 Å². The van der Waals surface area contributed by atoms with Crippen LogP contribution in [0.25, 0.3) is 0 Å². The van der Waals surface area contributed by atoms with Gasteiger partial charge in [0.2, 0.25) is 17.2 Å². The highest BCUT2D eigenvalue weighted by molar-refractivity contribution is 6.28. The van der Waals surface area contributed by atoms with E-state index in [1.54, 1.807) is 0 Å². The van der Waals surface area contributed by atoms with E-state index in [1.165, 1.54) is 25.7 Å². The van der Waals surface area contributed by atoms with E-state index in [4.69, 9.17) is 21.3 Å². The van der Waals surface area contributed by atoms with Crippen molar-refractivity contribution in [3.05, 3.63) is 29.6 Å². The SMILES string of the molecule is CC1(C)CC(CCCCNc2nc(Cl)nc(NCCCCC3CC(C)(C)N(OC4CC=CCC4)C(C)(C)C3)n2)CC(C)(C)N1OC1CC=CCC1. The minimum Gasteiger partial charge on any atom is -0.354 e. The number of allylic oxidation sites excluding steroid dienone is 2. The molecule has 51 heavy (non-hydrogen) atoms. The molecule has 2 fully saturated rings. The molecule has 0 saturated carbocycles. The van der Waals surface area contributed by atoms with Crippen LogP contribution in [0.5, 0.6) is 0 Å². The Labute approximate surface area is 315 Å². The van der Waals surface area contributed by atoms with Gasteiger partial charge in [-0.15, -0.1) is 0 Å². The molecule has 0 amide bonds. The Morgan fingerprint density at radius 3 is 1.35 bits per heavy atom. The molecule has 0 bridgehead atoms. The van der Waals surface area contributed by atoms with Gasteiger partial charge in [-0.2, -0.15) is 25.1 Å². The number of piperidine rings is 2. The highest BCUT2D eigenvalue weighted by Gasteiger charge is 2.48. The fourth-order valence-corrected chi connectivity index (χ4v) is 10.1. The maximum absolute atomic E-state index is 6.65. The number of halogens is 1. The molecule has 3 heterocycles. The molecular formula is C41H70ClN7O2. The van der Waals surface area contributed by atoms with Gasteiger partial charge in [0.25, 0.3) is 0 Å². The molecule has 0 spiro atoms. The average molecular weight is 729 g/mol. The lowest BCUT2D eigenvalue weighted by molar-refractivity contribution is -0.311. The Balaban J connectivity index is 0.985. The third-order valence-corrected chi connectivity index (χ3v) is 11.7. The standard InChI is InChI=1S/C41H70ClN7O2/c1-38(2)27-31(28-39(3,4)48(38)50-33-21-11-9-12-22-33)19-15-17-25-43-36-45-35(42)46-37(47-36)44-26-18-16-20-32-29-40(5,6)49(41(7,8)30-32)51-34-23-13-10-14-24-34/h9-11,13,31-34H,12,14-30H2,1-8H3,(H2,43,44,45,46,47). The van der Waals surface area contributed by atoms with E-state index in [9.17, 15) is 0 Å². The van der Waals surface area contributed by atoms with Crippen LogP contribution in [-0.2, 0) is 9.68 Å². The first-order valence-corrected chi connectivity index (χ1v) is 20.6. The number of hydrogen-bond acceptors (Lipinski definition) is 9. The summed E-state index contributed by atoms with van der Waals surface area (Å²) in [5.41, 5.74) is 0.0717. The normalized spacial score (nSPS) is 26.7. The second-order valence-corrected chi connectivity index (χ2v) is 18.8. The lowest BCUT2D eigenvalue weighted by atomic mass is 9.73. The predicted molar refractivity (Wildman–Crippen MR) is 211 cm³/mol. The Hall–Kier alpha value is -1.78. The van der Waals surface area contributed by atoms with Gasteiger partial charge in [-0.3, -0.25) is 9.68 Å². The predicted octanol–water partition coefficient (Wildman–Crippen LogP) is 10.3. The molecule has 0 aromatic carbocycles. The zero-order chi connectivity index (χ0) is 36.7. The monoisotopic (exact) mass is 728 g/mol. The molecule has 0 radical (unpaired) electrons. The number of hydrogen-bond donors (Lipinski definition) is 2. The van der Waals surface area contributed by atoms with Crippen molar-refractivity contribution in [1.82, 2.24) is 25.1 Å². The van der Waals surface area contributed by atoms with Gasteiger partial charge in [0, 0.05) is 35.2 Å². The van der Waals surface area contributed by atoms with Crippen molar-refractivity contribution in [2.24, 2.45) is 11.8 Å². The molecule has 4 aliphatic rings. The molecule has 288 valence electrons. The molecule has 10 heteroatoms. The highest BCUT2D eigenvalue weighted by atomic mass is 35.5. The number of nitrogens with zero attached hydrogens (tertiary/aromatic N) is 5. The largest absolute Gasteiger partial charge is 0.354 e. The van der Waals surface area contributed by atoms with Crippen LogP contribution in [-0.4, -0.2) is 72.5 Å². The number of aromatic nitrogens is 3. The van der Waals surface area contributed by atoms with Gasteiger partial charge in [-0.25, -0.2) is 0 Å². The molecule has 2 atom stereocenters. The van der Waals surface area contributed by atoms with Gasteiger partial charge in [0.1, 0.15) is 0 Å². The minimum atomic E-state index is 0.0179. The van der Waals surface area contributed by atoms with Crippen LogP contribution in [0.1, 0.15) is 158 Å². The summed E-state index contributed by atoms with van der Waals surface area (Å²) in [6.07, 6.45) is 27.8. The number of rotatable bonds is 16. The van der Waals surface area contributed by atoms with Crippen molar-refractivity contribution in [3.63, 3.8) is 0 Å². The molecule has 2 aliphatic carbocycles. The maximum Gasteiger partial charge on any atom is 0.228 e. The Bertz CT molecular complexity index is 1180. The molecule has 2 N–H and O–H groups in total. The molecular weight excluding hydrogens is 658 g/mol. The van der Waals surface area contributed by atoms with Gasteiger partial charge in [0.05, 0.1) is 12.2 Å². The van der Waals surface area contributed by atoms with Crippen molar-refractivity contribution in [1.29, 1.82) is 0 Å². The van der Waals surface area contributed by atoms with Crippen molar-refractivity contribution in [2.45, 2.75) is 192 Å². The lowest BCUT2D eigenvalue weighted by Crippen LogP contribution is -2.61. The highest BCUT2D eigenvalue weighted by Crippen LogP contribution is 2.45. The molecule has 2 aliphatic heterocycles. The summed E-state index contributed by atoms with van der Waals surface area (Å²) in [7, 11) is 0. The second-order valence-electron chi connectivity index (χ2n) is 18.5. The van der Waals surface area contributed by atoms with Gasteiger partial charge < -0.3 is 10.6 Å². The van der Waals surface area contributed by atoms with E-state index >= 15 is 0 Å². The Kier molecular flexibility index (Phi) is 13.9. The zero-order valence-corrected chi connectivity index (χ0v) is 34.0. The Morgan fingerprint density at radius 2 is 1.00 bits per heavy atom. The summed E-state index contributed by atoms with van der Waals surface area (Å²) in [4.78, 5) is 26.6. The van der Waals surface area contributed by atoms with Gasteiger partial charge >= 0.3 is 0 Å². The fourth-order valence-electron chi connectivity index (χ4n) is 9.97. The first kappa shape index (κ1) is 40.4. The quantitative estimate of drug-likeness (QED) is 0.128. The third kappa shape index (κ3) is 11.6. The van der Waals surface area contributed by atoms with Crippen molar-refractivity contribution in [3.8, 4) is 0 Å². The van der Waals surface area contributed by atoms with Gasteiger partial charge in [-0.1, -0.05) is 50.0 Å². The molecule has 2 saturated heterocycles. The first-order chi connectivity index (χ1) is 24.1. The van der Waals surface area contributed by atoms with Crippen LogP contribution in [0.4, 0.5) is 11.9 Å². The number of unbranched alkanes of at least 4 members (excludes halogenated alkanes) is 2. The van der Waals surface area contributed by atoms with Gasteiger partial charge in [-0.05, 0) is 156 Å². The van der Waals surface area contributed by atoms with Crippen LogP contribution in [0.2, 0.25) is 5.28 Å². The fraction of sp³-hybridized carbons (Fsp3) is 0.829. The zero-order valence-electron chi connectivity index (χ0n) is 33.3. The molecule has 5 rings (SSSR count). The van der Waals surface area contributed by atoms with Gasteiger partial charge in [0.15, 0.2) is 0 Å². The van der Waals surface area contributed by atoms with E-state index in [0.717, 1.165) is 90.1 Å². The van der Waals surface area contributed by atoms with Crippen LogP contribution >= 0.6 is 11.6 Å². The number of anilines is 2. The first-order valence-electron chi connectivity index (χ1n) is 20.3. The van der Waals surface area contributed by atoms with Crippen LogP contribution in [0.3, 0.4) is 0 Å². The Morgan fingerprint density at radius 1 is 0.608 bits per heavy atom. The number of hydroxylamine groups is 4. The molecule has 1 aromatic rings. The molecule has 2 unspecified atom stereocenters. The topological polar surface area (TPSA) is 87.7 Å². The van der Waals surface area contributed by atoms with E-state index in [-0.39, 0.29) is 27.4 Å². The third-order valence-electron chi connectivity index (χ3n) is 11.6. The summed E-state index contributed by atoms with van der Waals surface area (Å²) in [6, 6.07) is 0. The average Bonchev–Trinajstić information content (AvgIpc) is 3.04. The summed E-state index contributed by atoms with van der Waals surface area (Å²) in [5.74, 6) is 2.47. The van der Waals surface area contributed by atoms with E-state index < -0.39 is 0 Å². The number of nitrogens with one attached hydrogen (secondary N) is 2. The summed E-state index contributed by atoms with van der Waals surface area (Å²) in [5, 5.41) is 11.7. The van der Waals surface area contributed by atoms with Crippen molar-refractivity contribution >= 4 is 23.5 Å². The van der Waals surface area contributed by atoms with Crippen molar-refractivity contribution < 1.29 is 9.68 Å². The molecule has 1 aromatic heterocycles. The summed E-state index contributed by atoms with van der Waals surface area (Å²) < 4.78 is 0. The van der Waals surface area contributed by atoms with E-state index in [2.05, 4.69) is 115 Å². The summed E-state index contributed by atoms with van der Waals surface area (Å²) in [6.45, 7) is 20.5. The lowest BCUT2D eigenvalue weighted by Gasteiger charge is -2.55. The van der Waals surface area contributed by atoms with Crippen LogP contribution in [0.15, 0.2) is 24.3 Å². The van der Waals surface area contributed by atoms with Crippen LogP contribution in [0, 0.1) is 11.8 Å². The van der Waals surface area contributed by atoms with E-state index in [0.29, 0.717) is 35.9 Å². The second kappa shape index (κ2) is 17.6. The van der Waals surface area contributed by atoms with E-state index in [1.807, 2.05) is 0 Å². The smallest absolute Gasteiger partial charge is 0.228 e. The maximum atomic E-state index is 6.65. The molecule has 9 nitrogen and oxygen atoms in total. The van der Waals surface area contributed by atoms with Crippen LogP contribution < -0.4 is 10.6 Å². The minimum absolute atomic E-state index is 0.0179.